The molecule has 0 bridgehead atoms. The van der Waals surface area contributed by atoms with Crippen LogP contribution < -0.4 is 20.1 Å². The number of nitrogens with one attached hydrogen (secondary N) is 2. The highest BCUT2D eigenvalue weighted by Crippen LogP contribution is 2.38. The number of hydrogen-bond acceptors (Lipinski definition) is 8. The summed E-state index contributed by atoms with van der Waals surface area (Å²) in [6.45, 7) is 1.82. The largest absolute Gasteiger partial charge is 0.508 e. The molecular weight excluding hydrogens is 460 g/mol. The van der Waals surface area contributed by atoms with E-state index < -0.39 is 6.04 Å². The Bertz CT molecular complexity index is 1450. The summed E-state index contributed by atoms with van der Waals surface area (Å²) in [7, 11) is 3.14. The van der Waals surface area contributed by atoms with Gasteiger partial charge in [0.25, 0.3) is 5.91 Å². The molecule has 10 nitrogen and oxygen atoms in total. The van der Waals surface area contributed by atoms with E-state index in [2.05, 4.69) is 15.6 Å². The van der Waals surface area contributed by atoms with Crippen molar-refractivity contribution in [1.29, 1.82) is 0 Å². The van der Waals surface area contributed by atoms with Gasteiger partial charge in [0.05, 0.1) is 31.7 Å². The van der Waals surface area contributed by atoms with E-state index >= 15 is 0 Å². The van der Waals surface area contributed by atoms with E-state index in [0.717, 1.165) is 11.1 Å². The number of amides is 1. The molecule has 36 heavy (non-hydrogen) atoms. The number of nitrogens with zero attached hydrogens (tertiary/aromatic N) is 4. The molecule has 4 aromatic rings. The third kappa shape index (κ3) is 4.20. The molecule has 5 rings (SSSR count). The van der Waals surface area contributed by atoms with Gasteiger partial charge in [0, 0.05) is 17.5 Å². The highest BCUT2D eigenvalue weighted by atomic mass is 16.5. The van der Waals surface area contributed by atoms with Gasteiger partial charge < -0.3 is 25.2 Å². The highest BCUT2D eigenvalue weighted by Gasteiger charge is 2.34. The van der Waals surface area contributed by atoms with Crippen LogP contribution in [0.1, 0.15) is 18.5 Å². The Balaban J connectivity index is 1.59. The quantitative estimate of drug-likeness (QED) is 0.375. The standard InChI is InChI=1S/C26H24N6O4/c1-15-22(25(34)29-18-5-4-12-27-14-18)23(16-6-9-19(33)10-7-16)32-26(28-15)30-24(31-32)17-8-11-20(35-2)21(13-17)36-3/h4-14,23,33H,1-3H3,(H,29,34)(H,28,30,31)/t23-/m0/s1. The number of methoxy groups -OCH3 is 2. The maximum absolute atomic E-state index is 13.5. The molecular formula is C26H24N6O4. The molecule has 0 unspecified atom stereocenters. The van der Waals surface area contributed by atoms with Gasteiger partial charge in [0.15, 0.2) is 17.3 Å². The summed E-state index contributed by atoms with van der Waals surface area (Å²) in [6, 6.07) is 15.0. The van der Waals surface area contributed by atoms with E-state index in [9.17, 15) is 9.90 Å². The van der Waals surface area contributed by atoms with Crippen LogP contribution in [0.25, 0.3) is 11.4 Å². The molecule has 0 fully saturated rings. The van der Waals surface area contributed by atoms with Crippen molar-refractivity contribution in [2.45, 2.75) is 13.0 Å². The second kappa shape index (κ2) is 9.41. The number of carbonyl (C=O) groups excluding carboxylic acids is 1. The van der Waals surface area contributed by atoms with Gasteiger partial charge in [-0.25, -0.2) is 4.68 Å². The van der Waals surface area contributed by atoms with Crippen molar-refractivity contribution in [3.05, 3.63) is 83.8 Å². The first-order chi connectivity index (χ1) is 17.5. The third-order valence-corrected chi connectivity index (χ3v) is 5.87. The summed E-state index contributed by atoms with van der Waals surface area (Å²) in [4.78, 5) is 22.3. The molecule has 1 aliphatic rings. The van der Waals surface area contributed by atoms with Crippen LogP contribution in [0.2, 0.25) is 0 Å². The van der Waals surface area contributed by atoms with Gasteiger partial charge >= 0.3 is 0 Å². The van der Waals surface area contributed by atoms with Gasteiger partial charge in [0.2, 0.25) is 5.95 Å². The predicted octanol–water partition coefficient (Wildman–Crippen LogP) is 3.99. The van der Waals surface area contributed by atoms with Gasteiger partial charge in [-0.05, 0) is 55.0 Å². The lowest BCUT2D eigenvalue weighted by molar-refractivity contribution is -0.113. The molecule has 1 amide bonds. The monoisotopic (exact) mass is 484 g/mol. The van der Waals surface area contributed by atoms with Gasteiger partial charge in [-0.1, -0.05) is 12.1 Å². The maximum atomic E-state index is 13.5. The number of phenolic OH excluding ortho intramolecular Hbond substituents is 1. The fourth-order valence-corrected chi connectivity index (χ4v) is 4.14. The van der Waals surface area contributed by atoms with Crippen LogP contribution in [0, 0.1) is 0 Å². The van der Waals surface area contributed by atoms with E-state index in [0.29, 0.717) is 40.2 Å². The van der Waals surface area contributed by atoms with E-state index in [1.165, 1.54) is 0 Å². The second-order valence-electron chi connectivity index (χ2n) is 8.13. The minimum atomic E-state index is -0.597. The molecule has 1 aliphatic heterocycles. The van der Waals surface area contributed by atoms with Gasteiger partial charge in [-0.2, -0.15) is 4.98 Å². The number of carbonyl (C=O) groups is 1. The topological polar surface area (TPSA) is 123 Å². The average molecular weight is 485 g/mol. The van der Waals surface area contributed by atoms with Crippen molar-refractivity contribution in [1.82, 2.24) is 19.7 Å². The Morgan fingerprint density at radius 1 is 1.08 bits per heavy atom. The van der Waals surface area contributed by atoms with Crippen molar-refractivity contribution >= 4 is 17.5 Å². The number of allylic oxidation sites excluding steroid dienone is 1. The summed E-state index contributed by atoms with van der Waals surface area (Å²) < 4.78 is 12.4. The molecule has 2 aromatic heterocycles. The zero-order valence-electron chi connectivity index (χ0n) is 19.9. The lowest BCUT2D eigenvalue weighted by Crippen LogP contribution is -2.31. The minimum absolute atomic E-state index is 0.125. The average Bonchev–Trinajstić information content (AvgIpc) is 3.32. The summed E-state index contributed by atoms with van der Waals surface area (Å²) in [5.41, 5.74) is 3.14. The zero-order valence-corrected chi connectivity index (χ0v) is 19.9. The van der Waals surface area contributed by atoms with Crippen molar-refractivity contribution in [3.63, 3.8) is 0 Å². The van der Waals surface area contributed by atoms with Gasteiger partial charge in [-0.3, -0.25) is 9.78 Å². The fraction of sp³-hybridized carbons (Fsp3) is 0.154. The summed E-state index contributed by atoms with van der Waals surface area (Å²) in [5, 5.41) is 20.7. The first kappa shape index (κ1) is 22.9. The van der Waals surface area contributed by atoms with Crippen molar-refractivity contribution in [2.24, 2.45) is 0 Å². The number of hydrogen-bond donors (Lipinski definition) is 3. The number of fused-ring (bicyclic) bond motifs is 1. The smallest absolute Gasteiger partial charge is 0.255 e. The molecule has 2 aromatic carbocycles. The van der Waals surface area contributed by atoms with E-state index in [1.807, 2.05) is 13.0 Å². The number of phenols is 1. The van der Waals surface area contributed by atoms with Gasteiger partial charge in [-0.15, -0.1) is 5.10 Å². The first-order valence-electron chi connectivity index (χ1n) is 11.2. The van der Waals surface area contributed by atoms with Crippen LogP contribution >= 0.6 is 0 Å². The number of benzene rings is 2. The molecule has 1 atom stereocenters. The molecule has 182 valence electrons. The lowest BCUT2D eigenvalue weighted by atomic mass is 9.95. The molecule has 0 spiro atoms. The predicted molar refractivity (Wildman–Crippen MR) is 134 cm³/mol. The number of aromatic nitrogens is 4. The third-order valence-electron chi connectivity index (χ3n) is 5.87. The summed E-state index contributed by atoms with van der Waals surface area (Å²) >= 11 is 0. The molecule has 0 aliphatic carbocycles. The Morgan fingerprint density at radius 3 is 2.56 bits per heavy atom. The second-order valence-corrected chi connectivity index (χ2v) is 8.13. The first-order valence-corrected chi connectivity index (χ1v) is 11.2. The number of rotatable bonds is 6. The molecule has 10 heteroatoms. The van der Waals surface area contributed by atoms with Crippen LogP contribution in [-0.2, 0) is 4.79 Å². The molecule has 3 heterocycles. The fourth-order valence-electron chi connectivity index (χ4n) is 4.14. The van der Waals surface area contributed by atoms with Crippen molar-refractivity contribution in [2.75, 3.05) is 24.9 Å². The Kier molecular flexibility index (Phi) is 5.99. The minimum Gasteiger partial charge on any atom is -0.508 e. The Labute approximate surface area is 207 Å². The number of ether oxygens (including phenoxy) is 2. The van der Waals surface area contributed by atoms with Crippen LogP contribution in [0.15, 0.2) is 78.3 Å². The SMILES string of the molecule is COc1ccc(-c2nc3n(n2)[C@@H](c2ccc(O)cc2)C(C(=O)Nc2cccnc2)=C(C)N3)cc1OC. The number of anilines is 2. The summed E-state index contributed by atoms with van der Waals surface area (Å²) in [6.07, 6.45) is 3.22. The van der Waals surface area contributed by atoms with Crippen LogP contribution in [0.5, 0.6) is 17.2 Å². The van der Waals surface area contributed by atoms with Crippen molar-refractivity contribution in [3.8, 4) is 28.6 Å². The molecule has 0 radical (unpaired) electrons. The maximum Gasteiger partial charge on any atom is 0.255 e. The molecule has 0 saturated heterocycles. The van der Waals surface area contributed by atoms with E-state index in [1.54, 1.807) is 79.8 Å². The van der Waals surface area contributed by atoms with Crippen LogP contribution in [0.4, 0.5) is 11.6 Å². The molecule has 0 saturated carbocycles. The van der Waals surface area contributed by atoms with E-state index in [4.69, 9.17) is 19.6 Å². The zero-order chi connectivity index (χ0) is 25.2. The number of pyridine rings is 1. The van der Waals surface area contributed by atoms with E-state index in [-0.39, 0.29) is 11.7 Å². The summed E-state index contributed by atoms with van der Waals surface area (Å²) in [5.74, 6) is 1.89. The Morgan fingerprint density at radius 2 is 1.86 bits per heavy atom. The number of aromatic hydroxyl groups is 1. The van der Waals surface area contributed by atoms with Crippen LogP contribution in [-0.4, -0.2) is 45.0 Å². The lowest BCUT2D eigenvalue weighted by Gasteiger charge is -2.28. The Hall–Kier alpha value is -4.86. The van der Waals surface area contributed by atoms with Gasteiger partial charge in [0.1, 0.15) is 11.8 Å². The van der Waals surface area contributed by atoms with Crippen LogP contribution in [0.3, 0.4) is 0 Å². The molecule has 3 N–H and O–H groups in total. The highest BCUT2D eigenvalue weighted by molar-refractivity contribution is 6.05. The normalized spacial score (nSPS) is 14.6. The van der Waals surface area contributed by atoms with Crippen molar-refractivity contribution < 1.29 is 19.4 Å².